The minimum absolute atomic E-state index is 0.754. The lowest BCUT2D eigenvalue weighted by atomic mass is 10.1. The largest absolute Gasteiger partial charge is 0.345 e. The van der Waals surface area contributed by atoms with Gasteiger partial charge in [0.05, 0.1) is 0 Å². The van der Waals surface area contributed by atoms with E-state index < -0.39 is 0 Å². The average molecular weight is 216 g/mol. The van der Waals surface area contributed by atoms with E-state index in [4.69, 9.17) is 5.73 Å². The fourth-order valence-electron chi connectivity index (χ4n) is 2.30. The van der Waals surface area contributed by atoms with Crippen LogP contribution in [-0.4, -0.2) is 11.1 Å². The van der Waals surface area contributed by atoms with E-state index >= 15 is 0 Å². The molecule has 2 N–H and O–H groups in total. The van der Waals surface area contributed by atoms with E-state index in [-0.39, 0.29) is 0 Å². The zero-order valence-corrected chi connectivity index (χ0v) is 10.4. The summed E-state index contributed by atoms with van der Waals surface area (Å²) in [6.07, 6.45) is 1.04. The van der Waals surface area contributed by atoms with Crippen molar-refractivity contribution in [3.8, 4) is 0 Å². The van der Waals surface area contributed by atoms with Crippen LogP contribution in [0.15, 0.2) is 18.2 Å². The molecular weight excluding hydrogens is 196 g/mol. The van der Waals surface area contributed by atoms with E-state index in [0.29, 0.717) is 0 Å². The van der Waals surface area contributed by atoms with Crippen LogP contribution < -0.4 is 5.73 Å². The van der Waals surface area contributed by atoms with Crippen LogP contribution in [-0.2, 0) is 6.54 Å². The lowest BCUT2D eigenvalue weighted by Gasteiger charge is -2.07. The van der Waals surface area contributed by atoms with Gasteiger partial charge in [-0.15, -0.1) is 0 Å². The van der Waals surface area contributed by atoms with E-state index in [2.05, 4.69) is 43.5 Å². The number of hydrogen-bond donors (Lipinski definition) is 1. The van der Waals surface area contributed by atoms with Crippen LogP contribution in [0, 0.1) is 20.8 Å². The van der Waals surface area contributed by atoms with Gasteiger partial charge in [-0.3, -0.25) is 0 Å². The van der Waals surface area contributed by atoms with Crippen LogP contribution in [0.3, 0.4) is 0 Å². The van der Waals surface area contributed by atoms with Crippen molar-refractivity contribution in [2.45, 2.75) is 33.7 Å². The summed E-state index contributed by atoms with van der Waals surface area (Å²) in [5.41, 5.74) is 11.0. The second-order valence-corrected chi connectivity index (χ2v) is 4.52. The summed E-state index contributed by atoms with van der Waals surface area (Å²) in [5, 5.41) is 1.38. The molecule has 0 saturated carbocycles. The molecule has 0 atom stereocenters. The summed E-state index contributed by atoms with van der Waals surface area (Å²) >= 11 is 0. The highest BCUT2D eigenvalue weighted by Gasteiger charge is 2.09. The molecule has 1 aromatic heterocycles. The monoisotopic (exact) mass is 216 g/mol. The van der Waals surface area contributed by atoms with Crippen molar-refractivity contribution in [2.24, 2.45) is 5.73 Å². The first-order valence-corrected chi connectivity index (χ1v) is 5.91. The zero-order chi connectivity index (χ0) is 11.7. The van der Waals surface area contributed by atoms with Gasteiger partial charge in [0, 0.05) is 23.1 Å². The van der Waals surface area contributed by atoms with Crippen LogP contribution in [0.25, 0.3) is 10.9 Å². The van der Waals surface area contributed by atoms with Crippen molar-refractivity contribution < 1.29 is 0 Å². The first-order chi connectivity index (χ1) is 7.65. The molecule has 2 rings (SSSR count). The number of benzene rings is 1. The van der Waals surface area contributed by atoms with E-state index in [1.54, 1.807) is 0 Å². The second-order valence-electron chi connectivity index (χ2n) is 4.52. The van der Waals surface area contributed by atoms with Crippen LogP contribution in [0.5, 0.6) is 0 Å². The molecule has 0 aliphatic carbocycles. The predicted molar refractivity (Wildman–Crippen MR) is 69.8 cm³/mol. The molecule has 0 saturated heterocycles. The third kappa shape index (κ3) is 1.74. The maximum Gasteiger partial charge on any atom is 0.0485 e. The zero-order valence-electron chi connectivity index (χ0n) is 10.4. The summed E-state index contributed by atoms with van der Waals surface area (Å²) in [6, 6.07) is 6.68. The quantitative estimate of drug-likeness (QED) is 0.840. The van der Waals surface area contributed by atoms with Crippen molar-refractivity contribution in [3.05, 3.63) is 35.0 Å². The van der Waals surface area contributed by atoms with Gasteiger partial charge in [-0.05, 0) is 51.4 Å². The molecule has 2 nitrogen and oxygen atoms in total. The van der Waals surface area contributed by atoms with E-state index in [1.165, 1.54) is 27.7 Å². The number of hydrogen-bond acceptors (Lipinski definition) is 1. The van der Waals surface area contributed by atoms with Gasteiger partial charge in [0.1, 0.15) is 0 Å². The molecule has 2 heteroatoms. The molecule has 16 heavy (non-hydrogen) atoms. The summed E-state index contributed by atoms with van der Waals surface area (Å²) in [4.78, 5) is 0. The predicted octanol–water partition coefficient (Wildman–Crippen LogP) is 2.92. The number of nitrogens with zero attached hydrogens (tertiary/aromatic N) is 1. The Kier molecular flexibility index (Phi) is 3.01. The molecule has 1 aromatic carbocycles. The van der Waals surface area contributed by atoms with E-state index in [9.17, 15) is 0 Å². The molecule has 1 heterocycles. The highest BCUT2D eigenvalue weighted by molar-refractivity contribution is 5.85. The van der Waals surface area contributed by atoms with Crippen molar-refractivity contribution in [2.75, 3.05) is 6.54 Å². The lowest BCUT2D eigenvalue weighted by molar-refractivity contribution is 0.655. The van der Waals surface area contributed by atoms with Gasteiger partial charge in [0.2, 0.25) is 0 Å². The Morgan fingerprint density at radius 1 is 1.19 bits per heavy atom. The molecule has 0 aliphatic heterocycles. The number of fused-ring (bicyclic) bond motifs is 1. The summed E-state index contributed by atoms with van der Waals surface area (Å²) < 4.78 is 2.39. The Labute approximate surface area is 97.1 Å². The topological polar surface area (TPSA) is 30.9 Å². The second kappa shape index (κ2) is 4.30. The summed E-state index contributed by atoms with van der Waals surface area (Å²) in [5.74, 6) is 0. The number of aryl methyl sites for hydroxylation is 3. The van der Waals surface area contributed by atoms with E-state index in [0.717, 1.165) is 19.5 Å². The Morgan fingerprint density at radius 3 is 2.62 bits per heavy atom. The molecular formula is C14H20N2. The molecule has 2 aromatic rings. The maximum absolute atomic E-state index is 5.59. The first kappa shape index (κ1) is 11.2. The van der Waals surface area contributed by atoms with E-state index in [1.807, 2.05) is 0 Å². The average Bonchev–Trinajstić information content (AvgIpc) is 2.50. The van der Waals surface area contributed by atoms with Crippen molar-refractivity contribution in [3.63, 3.8) is 0 Å². The molecule has 0 fully saturated rings. The molecule has 0 aliphatic rings. The minimum Gasteiger partial charge on any atom is -0.345 e. The smallest absolute Gasteiger partial charge is 0.0485 e. The van der Waals surface area contributed by atoms with Crippen LogP contribution in [0.2, 0.25) is 0 Å². The summed E-state index contributed by atoms with van der Waals surface area (Å²) in [6.45, 7) is 8.32. The number of nitrogens with two attached hydrogens (primary N) is 1. The van der Waals surface area contributed by atoms with Crippen LogP contribution in [0.1, 0.15) is 23.2 Å². The first-order valence-electron chi connectivity index (χ1n) is 5.91. The maximum atomic E-state index is 5.59. The van der Waals surface area contributed by atoms with Gasteiger partial charge >= 0.3 is 0 Å². The highest BCUT2D eigenvalue weighted by atomic mass is 15.0. The SMILES string of the molecule is Cc1ccc2c(c1)c(C)c(C)n2CCCN. The fourth-order valence-corrected chi connectivity index (χ4v) is 2.30. The Balaban J connectivity index is 2.59. The third-order valence-electron chi connectivity index (χ3n) is 3.38. The number of aromatic nitrogens is 1. The highest BCUT2D eigenvalue weighted by Crippen LogP contribution is 2.26. The van der Waals surface area contributed by atoms with Crippen LogP contribution >= 0.6 is 0 Å². The van der Waals surface area contributed by atoms with Crippen LogP contribution in [0.4, 0.5) is 0 Å². The number of rotatable bonds is 3. The minimum atomic E-state index is 0.754. The Morgan fingerprint density at radius 2 is 1.94 bits per heavy atom. The van der Waals surface area contributed by atoms with Gasteiger partial charge in [-0.25, -0.2) is 0 Å². The summed E-state index contributed by atoms with van der Waals surface area (Å²) in [7, 11) is 0. The van der Waals surface area contributed by atoms with Crippen molar-refractivity contribution in [1.82, 2.24) is 4.57 Å². The normalized spacial score (nSPS) is 11.2. The van der Waals surface area contributed by atoms with Gasteiger partial charge in [-0.2, -0.15) is 0 Å². The van der Waals surface area contributed by atoms with Gasteiger partial charge in [-0.1, -0.05) is 11.6 Å². The third-order valence-corrected chi connectivity index (χ3v) is 3.38. The van der Waals surface area contributed by atoms with Gasteiger partial charge in [0.25, 0.3) is 0 Å². The van der Waals surface area contributed by atoms with Gasteiger partial charge < -0.3 is 10.3 Å². The van der Waals surface area contributed by atoms with Crippen molar-refractivity contribution in [1.29, 1.82) is 0 Å². The van der Waals surface area contributed by atoms with Gasteiger partial charge in [0.15, 0.2) is 0 Å². The lowest BCUT2D eigenvalue weighted by Crippen LogP contribution is -2.06. The Hall–Kier alpha value is -1.28. The Bertz CT molecular complexity index is 509. The molecule has 0 unspecified atom stereocenters. The molecule has 0 amide bonds. The molecule has 0 spiro atoms. The van der Waals surface area contributed by atoms with Crippen molar-refractivity contribution >= 4 is 10.9 Å². The molecule has 0 bridgehead atoms. The fraction of sp³-hybridized carbons (Fsp3) is 0.429. The molecule has 86 valence electrons. The standard InChI is InChI=1S/C14H20N2/c1-10-5-6-14-13(9-10)11(2)12(3)16(14)8-4-7-15/h5-6,9H,4,7-8,15H2,1-3H3. The molecule has 0 radical (unpaired) electrons.